The second-order valence-electron chi connectivity index (χ2n) is 11.1. The summed E-state index contributed by atoms with van der Waals surface area (Å²) < 4.78 is 5.74. The van der Waals surface area contributed by atoms with Crippen molar-refractivity contribution in [1.82, 2.24) is 15.1 Å². The van der Waals surface area contributed by atoms with E-state index in [-0.39, 0.29) is 29.6 Å². The van der Waals surface area contributed by atoms with Gasteiger partial charge in [0.2, 0.25) is 17.7 Å². The normalized spacial score (nSPS) is 20.9. The number of aryl methyl sites for hydroxylation is 1. The summed E-state index contributed by atoms with van der Waals surface area (Å²) in [5, 5.41) is 3.93. The van der Waals surface area contributed by atoms with E-state index in [9.17, 15) is 14.4 Å². The highest BCUT2D eigenvalue weighted by atomic mass is 16.3. The van der Waals surface area contributed by atoms with Crippen molar-refractivity contribution in [3.05, 3.63) is 71.0 Å². The number of benzene rings is 2. The standard InChI is InChI=1S/C30H35N3O4/c1-17(2)12-24-28(34)31-26(23-14-19-8-6-7-9-20(19)15-23)29(35)33(24)27(30(36)32(4)5)21-10-11-25-22(16-21)13-18(3)37-25/h6-11,13,16-17,23-24,26-27H,12,14-15H2,1-5H3,(H,31,34)/t24-,26-,27-/m1/s1. The van der Waals surface area contributed by atoms with Crippen LogP contribution in [0.5, 0.6) is 0 Å². The highest BCUT2D eigenvalue weighted by Crippen LogP contribution is 2.36. The molecule has 0 unspecified atom stereocenters. The number of nitrogens with zero attached hydrogens (tertiary/aromatic N) is 2. The van der Waals surface area contributed by atoms with Crippen LogP contribution in [0.25, 0.3) is 11.0 Å². The number of likely N-dealkylation sites (N-methyl/N-ethyl adjacent to an activating group) is 1. The highest BCUT2D eigenvalue weighted by Gasteiger charge is 2.49. The number of hydrogen-bond acceptors (Lipinski definition) is 4. The Bertz CT molecular complexity index is 1330. The number of carbonyl (C=O) groups is 3. The van der Waals surface area contributed by atoms with E-state index in [1.54, 1.807) is 19.0 Å². The first-order valence-corrected chi connectivity index (χ1v) is 13.0. The summed E-state index contributed by atoms with van der Waals surface area (Å²) in [5.74, 6) is 0.273. The molecule has 0 radical (unpaired) electrons. The van der Waals surface area contributed by atoms with Crippen molar-refractivity contribution in [3.63, 3.8) is 0 Å². The van der Waals surface area contributed by atoms with Gasteiger partial charge >= 0.3 is 0 Å². The Morgan fingerprint density at radius 1 is 1.08 bits per heavy atom. The summed E-state index contributed by atoms with van der Waals surface area (Å²) in [4.78, 5) is 44.8. The molecule has 37 heavy (non-hydrogen) atoms. The monoisotopic (exact) mass is 501 g/mol. The van der Waals surface area contributed by atoms with Gasteiger partial charge in [0.25, 0.3) is 0 Å². The summed E-state index contributed by atoms with van der Waals surface area (Å²) in [6.07, 6.45) is 1.92. The molecular formula is C30H35N3O4. The van der Waals surface area contributed by atoms with Gasteiger partial charge in [-0.05, 0) is 72.9 Å². The Morgan fingerprint density at radius 3 is 2.38 bits per heavy atom. The maximum absolute atomic E-state index is 14.3. The van der Waals surface area contributed by atoms with Crippen LogP contribution in [-0.2, 0) is 27.2 Å². The molecule has 7 heteroatoms. The van der Waals surface area contributed by atoms with Crippen molar-refractivity contribution in [3.8, 4) is 0 Å². The topological polar surface area (TPSA) is 82.9 Å². The molecule has 0 saturated carbocycles. The van der Waals surface area contributed by atoms with Crippen LogP contribution in [0.4, 0.5) is 0 Å². The lowest BCUT2D eigenvalue weighted by molar-refractivity contribution is -0.159. The Balaban J connectivity index is 1.58. The van der Waals surface area contributed by atoms with Crippen LogP contribution in [0.1, 0.15) is 48.8 Å². The lowest BCUT2D eigenvalue weighted by atomic mass is 9.87. The molecule has 2 heterocycles. The van der Waals surface area contributed by atoms with Gasteiger partial charge in [0, 0.05) is 19.5 Å². The van der Waals surface area contributed by atoms with Gasteiger partial charge in [-0.15, -0.1) is 0 Å². The molecule has 1 aromatic heterocycles. The minimum absolute atomic E-state index is 0.0505. The average Bonchev–Trinajstić information content (AvgIpc) is 3.44. The lowest BCUT2D eigenvalue weighted by Crippen LogP contribution is -2.67. The molecule has 1 fully saturated rings. The van der Waals surface area contributed by atoms with E-state index in [4.69, 9.17) is 4.42 Å². The third-order valence-corrected chi connectivity index (χ3v) is 7.64. The Labute approximate surface area is 217 Å². The number of hydrogen-bond donors (Lipinski definition) is 1. The van der Waals surface area contributed by atoms with Crippen molar-refractivity contribution >= 4 is 28.7 Å². The zero-order valence-corrected chi connectivity index (χ0v) is 22.2. The molecule has 0 bridgehead atoms. The van der Waals surface area contributed by atoms with Crippen molar-refractivity contribution in [2.75, 3.05) is 14.1 Å². The fraction of sp³-hybridized carbons (Fsp3) is 0.433. The first-order valence-electron chi connectivity index (χ1n) is 13.0. The molecule has 3 atom stereocenters. The number of carbonyl (C=O) groups excluding carboxylic acids is 3. The summed E-state index contributed by atoms with van der Waals surface area (Å²) >= 11 is 0. The summed E-state index contributed by atoms with van der Waals surface area (Å²) in [5.41, 5.74) is 3.83. The molecule has 2 aromatic carbocycles. The van der Waals surface area contributed by atoms with Crippen LogP contribution < -0.4 is 5.32 Å². The van der Waals surface area contributed by atoms with Gasteiger partial charge < -0.3 is 19.5 Å². The molecule has 1 aliphatic heterocycles. The number of piperazine rings is 1. The minimum atomic E-state index is -0.914. The van der Waals surface area contributed by atoms with E-state index in [0.29, 0.717) is 12.0 Å². The second-order valence-corrected chi connectivity index (χ2v) is 11.1. The number of furan rings is 1. The highest BCUT2D eigenvalue weighted by molar-refractivity contribution is 6.00. The molecule has 2 aliphatic rings. The molecule has 7 nitrogen and oxygen atoms in total. The molecule has 5 rings (SSSR count). The van der Waals surface area contributed by atoms with Crippen LogP contribution >= 0.6 is 0 Å². The fourth-order valence-electron chi connectivity index (χ4n) is 5.91. The molecular weight excluding hydrogens is 466 g/mol. The smallest absolute Gasteiger partial charge is 0.249 e. The molecule has 1 saturated heterocycles. The van der Waals surface area contributed by atoms with E-state index in [0.717, 1.165) is 29.6 Å². The zero-order chi connectivity index (χ0) is 26.4. The van der Waals surface area contributed by atoms with E-state index in [1.807, 2.05) is 57.2 Å². The van der Waals surface area contributed by atoms with Crippen molar-refractivity contribution in [2.45, 2.75) is 58.2 Å². The molecule has 0 spiro atoms. The Hall–Kier alpha value is -3.61. The molecule has 3 amide bonds. The SMILES string of the molecule is Cc1cc2cc([C@H](C(=O)N(C)C)N3C(=O)[C@@H](C4Cc5ccccc5C4)NC(=O)[C@H]3CC(C)C)ccc2o1. The van der Waals surface area contributed by atoms with E-state index in [1.165, 1.54) is 16.0 Å². The maximum atomic E-state index is 14.3. The van der Waals surface area contributed by atoms with Gasteiger partial charge in [-0.2, -0.15) is 0 Å². The number of amides is 3. The predicted octanol–water partition coefficient (Wildman–Crippen LogP) is 4.03. The summed E-state index contributed by atoms with van der Waals surface area (Å²) in [6, 6.07) is 13.4. The van der Waals surface area contributed by atoms with Crippen molar-refractivity contribution < 1.29 is 18.8 Å². The van der Waals surface area contributed by atoms with Crippen LogP contribution in [0.15, 0.2) is 52.9 Å². The van der Waals surface area contributed by atoms with Gasteiger partial charge in [-0.1, -0.05) is 44.2 Å². The third-order valence-electron chi connectivity index (χ3n) is 7.64. The van der Waals surface area contributed by atoms with Gasteiger partial charge in [0.05, 0.1) is 0 Å². The maximum Gasteiger partial charge on any atom is 0.249 e. The summed E-state index contributed by atoms with van der Waals surface area (Å²) in [6.45, 7) is 5.93. The van der Waals surface area contributed by atoms with Gasteiger partial charge in [0.1, 0.15) is 29.5 Å². The molecule has 194 valence electrons. The molecule has 1 N–H and O–H groups in total. The van der Waals surface area contributed by atoms with Crippen LogP contribution in [0.2, 0.25) is 0 Å². The third kappa shape index (κ3) is 4.63. The van der Waals surface area contributed by atoms with Crippen molar-refractivity contribution in [1.29, 1.82) is 0 Å². The molecule has 3 aromatic rings. The average molecular weight is 502 g/mol. The number of fused-ring (bicyclic) bond motifs is 2. The minimum Gasteiger partial charge on any atom is -0.461 e. The van der Waals surface area contributed by atoms with Crippen LogP contribution in [0, 0.1) is 18.8 Å². The van der Waals surface area contributed by atoms with Crippen LogP contribution in [-0.4, -0.2) is 53.7 Å². The Morgan fingerprint density at radius 2 is 1.76 bits per heavy atom. The largest absolute Gasteiger partial charge is 0.461 e. The van der Waals surface area contributed by atoms with Crippen molar-refractivity contribution in [2.24, 2.45) is 11.8 Å². The predicted molar refractivity (Wildman–Crippen MR) is 142 cm³/mol. The molecule has 1 aliphatic carbocycles. The quantitative estimate of drug-likeness (QED) is 0.553. The first kappa shape index (κ1) is 25.1. The second kappa shape index (κ2) is 9.69. The van der Waals surface area contributed by atoms with Crippen LogP contribution in [0.3, 0.4) is 0 Å². The van der Waals surface area contributed by atoms with E-state index < -0.39 is 18.1 Å². The van der Waals surface area contributed by atoms with E-state index >= 15 is 0 Å². The van der Waals surface area contributed by atoms with Gasteiger partial charge in [-0.25, -0.2) is 0 Å². The van der Waals surface area contributed by atoms with E-state index in [2.05, 4.69) is 17.4 Å². The number of rotatable bonds is 6. The lowest BCUT2D eigenvalue weighted by Gasteiger charge is -2.45. The van der Waals surface area contributed by atoms with Gasteiger partial charge in [-0.3, -0.25) is 14.4 Å². The zero-order valence-electron chi connectivity index (χ0n) is 22.2. The fourth-order valence-corrected chi connectivity index (χ4v) is 5.91. The van der Waals surface area contributed by atoms with Gasteiger partial charge in [0.15, 0.2) is 0 Å². The number of nitrogens with one attached hydrogen (secondary N) is 1. The first-order chi connectivity index (χ1) is 17.6. The Kier molecular flexibility index (Phi) is 6.56. The summed E-state index contributed by atoms with van der Waals surface area (Å²) in [7, 11) is 3.37.